The van der Waals surface area contributed by atoms with Crippen molar-refractivity contribution in [2.45, 2.75) is 11.1 Å². The zero-order valence-corrected chi connectivity index (χ0v) is 12.9. The van der Waals surface area contributed by atoms with E-state index in [1.165, 1.54) is 12.1 Å². The van der Waals surface area contributed by atoms with E-state index in [0.717, 1.165) is 17.4 Å². The van der Waals surface area contributed by atoms with Gasteiger partial charge in [-0.15, -0.1) is 0 Å². The number of nitrogens with two attached hydrogens (primary N) is 1. The number of nitrogens with one attached hydrogen (secondary N) is 1. The number of nitrogens with zero attached hydrogens (tertiary/aromatic N) is 1. The highest BCUT2D eigenvalue weighted by atomic mass is 79.9. The summed E-state index contributed by atoms with van der Waals surface area (Å²) in [5.74, 6) is -0.471. The maximum atomic E-state index is 13.1. The molecule has 0 saturated carbocycles. The topological polar surface area (TPSA) is 85.1 Å². The average Bonchev–Trinajstić information content (AvgIpc) is 2.63. The van der Waals surface area contributed by atoms with Crippen molar-refractivity contribution in [3.8, 4) is 0 Å². The summed E-state index contributed by atoms with van der Waals surface area (Å²) in [6.45, 7) is 1.56. The molecule has 102 valence electrons. The van der Waals surface area contributed by atoms with Gasteiger partial charge in [-0.3, -0.25) is 4.72 Å². The molecule has 0 amide bonds. The predicted octanol–water partition coefficient (Wildman–Crippen LogP) is 2.74. The van der Waals surface area contributed by atoms with Gasteiger partial charge in [0, 0.05) is 0 Å². The fraction of sp³-hybridized carbons (Fsp3) is 0.100. The van der Waals surface area contributed by atoms with Gasteiger partial charge in [0.1, 0.15) is 5.82 Å². The van der Waals surface area contributed by atoms with Crippen molar-refractivity contribution in [1.82, 2.24) is 4.98 Å². The molecule has 0 unspecified atom stereocenters. The van der Waals surface area contributed by atoms with Crippen LogP contribution >= 0.6 is 27.3 Å². The molecule has 0 aliphatic rings. The van der Waals surface area contributed by atoms with Crippen molar-refractivity contribution >= 4 is 48.1 Å². The number of thiazole rings is 1. The third kappa shape index (κ3) is 3.04. The standard InChI is InChI=1S/C10H9BrFN3O2S2/c1-5-9(18-10(13)14-5)19(16,17)15-6-2-3-8(12)7(11)4-6/h2-4,15H,1H3,(H2,13,14). The summed E-state index contributed by atoms with van der Waals surface area (Å²) in [4.78, 5) is 3.86. The Kier molecular flexibility index (Phi) is 3.79. The Bertz CT molecular complexity index is 730. The number of sulfonamides is 1. The first kappa shape index (κ1) is 14.2. The highest BCUT2D eigenvalue weighted by Crippen LogP contribution is 2.28. The molecular formula is C10H9BrFN3O2S2. The minimum atomic E-state index is -3.77. The van der Waals surface area contributed by atoms with Crippen molar-refractivity contribution in [3.05, 3.63) is 34.2 Å². The monoisotopic (exact) mass is 365 g/mol. The third-order valence-electron chi connectivity index (χ3n) is 2.19. The Morgan fingerprint density at radius 3 is 2.68 bits per heavy atom. The molecule has 2 aromatic rings. The van der Waals surface area contributed by atoms with E-state index in [-0.39, 0.29) is 19.5 Å². The van der Waals surface area contributed by atoms with Crippen LogP contribution in [-0.4, -0.2) is 13.4 Å². The largest absolute Gasteiger partial charge is 0.375 e. The van der Waals surface area contributed by atoms with Crippen LogP contribution in [0.3, 0.4) is 0 Å². The summed E-state index contributed by atoms with van der Waals surface area (Å²) in [5.41, 5.74) is 6.05. The van der Waals surface area contributed by atoms with Gasteiger partial charge < -0.3 is 5.73 Å². The van der Waals surface area contributed by atoms with Gasteiger partial charge in [0.25, 0.3) is 10.0 Å². The summed E-state index contributed by atoms with van der Waals surface area (Å²) in [6.07, 6.45) is 0. The molecule has 1 heterocycles. The molecule has 0 aliphatic heterocycles. The van der Waals surface area contributed by atoms with Crippen molar-refractivity contribution < 1.29 is 12.8 Å². The van der Waals surface area contributed by atoms with E-state index in [1.807, 2.05) is 0 Å². The second kappa shape index (κ2) is 5.06. The van der Waals surface area contributed by atoms with Gasteiger partial charge in [0.2, 0.25) is 0 Å². The number of hydrogen-bond donors (Lipinski definition) is 2. The lowest BCUT2D eigenvalue weighted by atomic mass is 10.3. The quantitative estimate of drug-likeness (QED) is 0.875. The van der Waals surface area contributed by atoms with Gasteiger partial charge in [-0.05, 0) is 41.1 Å². The van der Waals surface area contributed by atoms with Crippen molar-refractivity contribution in [1.29, 1.82) is 0 Å². The Hall–Kier alpha value is -1.19. The first-order chi connectivity index (χ1) is 8.79. The maximum absolute atomic E-state index is 13.1. The van der Waals surface area contributed by atoms with Gasteiger partial charge in [-0.2, -0.15) is 0 Å². The molecule has 9 heteroatoms. The van der Waals surface area contributed by atoms with E-state index in [0.29, 0.717) is 5.69 Å². The molecule has 1 aromatic carbocycles. The smallest absolute Gasteiger partial charge is 0.273 e. The number of hydrogen-bond acceptors (Lipinski definition) is 5. The second-order valence-corrected chi connectivity index (χ2v) is 7.42. The summed E-state index contributed by atoms with van der Waals surface area (Å²) in [6, 6.07) is 3.83. The molecule has 0 atom stereocenters. The molecule has 0 radical (unpaired) electrons. The first-order valence-corrected chi connectivity index (χ1v) is 8.09. The molecule has 2 rings (SSSR count). The summed E-state index contributed by atoms with van der Waals surface area (Å²) < 4.78 is 39.9. The van der Waals surface area contributed by atoms with Gasteiger partial charge in [0.15, 0.2) is 9.34 Å². The molecular weight excluding hydrogens is 357 g/mol. The zero-order valence-electron chi connectivity index (χ0n) is 9.65. The van der Waals surface area contributed by atoms with Crippen LogP contribution in [0.15, 0.2) is 26.9 Å². The van der Waals surface area contributed by atoms with Crippen molar-refractivity contribution in [3.63, 3.8) is 0 Å². The number of aromatic nitrogens is 1. The Morgan fingerprint density at radius 1 is 1.47 bits per heavy atom. The van der Waals surface area contributed by atoms with Crippen LogP contribution in [0.5, 0.6) is 0 Å². The molecule has 0 saturated heterocycles. The minimum absolute atomic E-state index is 0.0467. The van der Waals surface area contributed by atoms with Crippen LogP contribution < -0.4 is 10.5 Å². The van der Waals surface area contributed by atoms with E-state index < -0.39 is 15.8 Å². The number of halogens is 2. The second-order valence-electron chi connectivity index (χ2n) is 3.66. The van der Waals surface area contributed by atoms with Gasteiger partial charge in [-0.25, -0.2) is 17.8 Å². The summed E-state index contributed by atoms with van der Waals surface area (Å²) in [7, 11) is -3.77. The van der Waals surface area contributed by atoms with E-state index >= 15 is 0 Å². The van der Waals surface area contributed by atoms with E-state index in [9.17, 15) is 12.8 Å². The molecule has 19 heavy (non-hydrogen) atoms. The predicted molar refractivity (Wildman–Crippen MR) is 76.2 cm³/mol. The molecule has 0 bridgehead atoms. The number of rotatable bonds is 3. The maximum Gasteiger partial charge on any atom is 0.273 e. The fourth-order valence-electron chi connectivity index (χ4n) is 1.41. The molecule has 3 N–H and O–H groups in total. The fourth-order valence-corrected chi connectivity index (χ4v) is 4.14. The van der Waals surface area contributed by atoms with Gasteiger partial charge >= 0.3 is 0 Å². The Labute approximate surface area is 121 Å². The number of aryl methyl sites for hydroxylation is 1. The Morgan fingerprint density at radius 2 is 2.16 bits per heavy atom. The molecule has 0 aliphatic carbocycles. The molecule has 1 aromatic heterocycles. The molecule has 0 spiro atoms. The highest BCUT2D eigenvalue weighted by molar-refractivity contribution is 9.10. The van der Waals surface area contributed by atoms with E-state index in [1.54, 1.807) is 6.92 Å². The summed E-state index contributed by atoms with van der Waals surface area (Å²) >= 11 is 3.87. The van der Waals surface area contributed by atoms with Crippen molar-refractivity contribution in [2.75, 3.05) is 10.5 Å². The van der Waals surface area contributed by atoms with Gasteiger partial charge in [0.05, 0.1) is 15.9 Å². The lowest BCUT2D eigenvalue weighted by Gasteiger charge is -2.07. The lowest BCUT2D eigenvalue weighted by Crippen LogP contribution is -2.12. The zero-order chi connectivity index (χ0) is 14.2. The van der Waals surface area contributed by atoms with Crippen LogP contribution in [0.1, 0.15) is 5.69 Å². The van der Waals surface area contributed by atoms with Crippen molar-refractivity contribution in [2.24, 2.45) is 0 Å². The SMILES string of the molecule is Cc1nc(N)sc1S(=O)(=O)Nc1ccc(F)c(Br)c1. The molecule has 0 fully saturated rings. The third-order valence-corrected chi connectivity index (χ3v) is 5.77. The average molecular weight is 366 g/mol. The molecule has 5 nitrogen and oxygen atoms in total. The minimum Gasteiger partial charge on any atom is -0.375 e. The number of nitrogen functional groups attached to an aromatic ring is 1. The van der Waals surface area contributed by atoms with Crippen LogP contribution in [0, 0.1) is 12.7 Å². The van der Waals surface area contributed by atoms with E-state index in [2.05, 4.69) is 25.6 Å². The van der Waals surface area contributed by atoms with Gasteiger partial charge in [-0.1, -0.05) is 11.3 Å². The highest BCUT2D eigenvalue weighted by Gasteiger charge is 2.21. The van der Waals surface area contributed by atoms with E-state index in [4.69, 9.17) is 5.73 Å². The van der Waals surface area contributed by atoms with Crippen LogP contribution in [0.2, 0.25) is 0 Å². The lowest BCUT2D eigenvalue weighted by molar-refractivity contribution is 0.602. The first-order valence-electron chi connectivity index (χ1n) is 5.00. The number of anilines is 2. The normalized spacial score (nSPS) is 11.5. The Balaban J connectivity index is 2.36. The van der Waals surface area contributed by atoms with Crippen LogP contribution in [-0.2, 0) is 10.0 Å². The van der Waals surface area contributed by atoms with Crippen LogP contribution in [0.4, 0.5) is 15.2 Å². The number of benzene rings is 1. The van der Waals surface area contributed by atoms with Crippen LogP contribution in [0.25, 0.3) is 0 Å². The summed E-state index contributed by atoms with van der Waals surface area (Å²) in [5, 5.41) is 0.179.